The molecule has 0 bridgehead atoms. The van der Waals surface area contributed by atoms with E-state index in [4.69, 9.17) is 0 Å². The maximum atomic E-state index is 13.0. The van der Waals surface area contributed by atoms with E-state index in [-0.39, 0.29) is 10.8 Å². The van der Waals surface area contributed by atoms with Gasteiger partial charge in [-0.15, -0.1) is 5.10 Å². The zero-order valence-corrected chi connectivity index (χ0v) is 18.2. The zero-order chi connectivity index (χ0) is 22.0. The maximum absolute atomic E-state index is 13.0. The third-order valence-electron chi connectivity index (χ3n) is 5.33. The Morgan fingerprint density at radius 2 is 1.65 bits per heavy atom. The number of hydrogen-bond acceptors (Lipinski definition) is 6. The zero-order valence-electron chi connectivity index (χ0n) is 17.3. The second-order valence-electron chi connectivity index (χ2n) is 8.05. The van der Waals surface area contributed by atoms with Gasteiger partial charge in [0.05, 0.1) is 10.6 Å². The fourth-order valence-corrected chi connectivity index (χ4v) is 5.59. The summed E-state index contributed by atoms with van der Waals surface area (Å²) in [6.07, 6.45) is 2.51. The number of hydrogen-bond donors (Lipinski definition) is 1. The van der Waals surface area contributed by atoms with Gasteiger partial charge >= 0.3 is 0 Å². The van der Waals surface area contributed by atoms with Gasteiger partial charge in [0.2, 0.25) is 10.0 Å². The van der Waals surface area contributed by atoms with Crippen molar-refractivity contribution in [2.45, 2.75) is 25.2 Å². The molecule has 1 fully saturated rings. The lowest BCUT2D eigenvalue weighted by Crippen LogP contribution is -2.42. The number of anilines is 1. The standard InChI is InChI=1S/C21H24N6O3S/c1-15-11-16(2)13-26(12-15)31(29,30)20-9-3-17(4-10-20)21(28)23-18-5-7-19(8-6-18)27-14-22-24-25-27/h3-10,14-16H,11-13H2,1-2H3,(H,23,28)/t15-,16-/m0/s1. The highest BCUT2D eigenvalue weighted by atomic mass is 32.2. The Kier molecular flexibility index (Phi) is 5.84. The molecule has 2 atom stereocenters. The largest absolute Gasteiger partial charge is 0.322 e. The van der Waals surface area contributed by atoms with Crippen LogP contribution in [0.5, 0.6) is 0 Å². The summed E-state index contributed by atoms with van der Waals surface area (Å²) in [7, 11) is -3.57. The van der Waals surface area contributed by atoms with Crippen LogP contribution in [0.3, 0.4) is 0 Å². The molecule has 3 aromatic rings. The van der Waals surface area contributed by atoms with E-state index in [0.29, 0.717) is 36.2 Å². The summed E-state index contributed by atoms with van der Waals surface area (Å²) in [5, 5.41) is 13.8. The van der Waals surface area contributed by atoms with E-state index in [2.05, 4.69) is 34.7 Å². The van der Waals surface area contributed by atoms with Crippen molar-refractivity contribution in [1.29, 1.82) is 0 Å². The van der Waals surface area contributed by atoms with Gasteiger partial charge in [0, 0.05) is 24.3 Å². The van der Waals surface area contributed by atoms with Crippen molar-refractivity contribution in [2.24, 2.45) is 11.8 Å². The average molecular weight is 441 g/mol. The number of aromatic nitrogens is 4. The predicted molar refractivity (Wildman–Crippen MR) is 115 cm³/mol. The predicted octanol–water partition coefficient (Wildman–Crippen LogP) is 2.58. The minimum atomic E-state index is -3.57. The van der Waals surface area contributed by atoms with Gasteiger partial charge < -0.3 is 5.32 Å². The van der Waals surface area contributed by atoms with E-state index in [1.807, 2.05) is 0 Å². The second kappa shape index (κ2) is 8.56. The number of carbonyl (C=O) groups is 1. The van der Waals surface area contributed by atoms with Crippen molar-refractivity contribution in [2.75, 3.05) is 18.4 Å². The lowest BCUT2D eigenvalue weighted by atomic mass is 9.94. The number of amides is 1. The Bertz CT molecular complexity index is 1130. The Labute approximate surface area is 181 Å². The number of rotatable bonds is 5. The Balaban J connectivity index is 1.44. The molecule has 1 N–H and O–H groups in total. The fraction of sp³-hybridized carbons (Fsp3) is 0.333. The first kappa shape index (κ1) is 21.1. The number of nitrogens with one attached hydrogen (secondary N) is 1. The molecule has 2 heterocycles. The summed E-state index contributed by atoms with van der Waals surface area (Å²) in [6.45, 7) is 5.19. The van der Waals surface area contributed by atoms with Crippen LogP contribution in [0.25, 0.3) is 5.69 Å². The number of carbonyl (C=O) groups excluding carboxylic acids is 1. The molecule has 1 aliphatic rings. The van der Waals surface area contributed by atoms with E-state index >= 15 is 0 Å². The van der Waals surface area contributed by atoms with Crippen molar-refractivity contribution in [3.8, 4) is 5.69 Å². The van der Waals surface area contributed by atoms with Gasteiger partial charge in [-0.25, -0.2) is 13.1 Å². The number of sulfonamides is 1. The van der Waals surface area contributed by atoms with E-state index < -0.39 is 10.0 Å². The summed E-state index contributed by atoms with van der Waals surface area (Å²) in [6, 6.07) is 13.1. The number of benzene rings is 2. The Morgan fingerprint density at radius 1 is 1.00 bits per heavy atom. The van der Waals surface area contributed by atoms with Gasteiger partial charge in [0.25, 0.3) is 5.91 Å². The third-order valence-corrected chi connectivity index (χ3v) is 7.17. The van der Waals surface area contributed by atoms with Gasteiger partial charge in [-0.1, -0.05) is 13.8 Å². The quantitative estimate of drug-likeness (QED) is 0.653. The summed E-state index contributed by atoms with van der Waals surface area (Å²) < 4.78 is 29.0. The highest BCUT2D eigenvalue weighted by Gasteiger charge is 2.31. The van der Waals surface area contributed by atoms with E-state index in [1.54, 1.807) is 28.6 Å². The van der Waals surface area contributed by atoms with Crippen LogP contribution in [0, 0.1) is 11.8 Å². The molecule has 0 aliphatic carbocycles. The molecule has 1 aromatic heterocycles. The van der Waals surface area contributed by atoms with Crippen LogP contribution in [0.1, 0.15) is 30.6 Å². The van der Waals surface area contributed by atoms with Crippen LogP contribution in [-0.2, 0) is 10.0 Å². The van der Waals surface area contributed by atoms with E-state index in [1.165, 1.54) is 35.3 Å². The lowest BCUT2D eigenvalue weighted by Gasteiger charge is -2.34. The molecule has 1 aliphatic heterocycles. The second-order valence-corrected chi connectivity index (χ2v) is 9.99. The molecule has 0 unspecified atom stereocenters. The maximum Gasteiger partial charge on any atom is 0.255 e. The van der Waals surface area contributed by atoms with E-state index in [0.717, 1.165) is 12.1 Å². The van der Waals surface area contributed by atoms with Gasteiger partial charge in [-0.05, 0) is 77.2 Å². The lowest BCUT2D eigenvalue weighted by molar-refractivity contribution is 0.102. The first-order valence-electron chi connectivity index (χ1n) is 10.1. The summed E-state index contributed by atoms with van der Waals surface area (Å²) >= 11 is 0. The Morgan fingerprint density at radius 3 is 2.23 bits per heavy atom. The normalized spacial score (nSPS) is 19.8. The van der Waals surface area contributed by atoms with Gasteiger partial charge in [0.1, 0.15) is 6.33 Å². The Hall–Kier alpha value is -3.11. The number of tetrazole rings is 1. The van der Waals surface area contributed by atoms with Crippen LogP contribution in [0.15, 0.2) is 59.8 Å². The van der Waals surface area contributed by atoms with Crippen LogP contribution in [0.2, 0.25) is 0 Å². The van der Waals surface area contributed by atoms with Gasteiger partial charge in [-0.2, -0.15) is 4.31 Å². The topological polar surface area (TPSA) is 110 Å². The van der Waals surface area contributed by atoms with Crippen LogP contribution in [0.4, 0.5) is 5.69 Å². The fourth-order valence-electron chi connectivity index (χ4n) is 3.91. The molecule has 9 nitrogen and oxygen atoms in total. The van der Waals surface area contributed by atoms with Crippen molar-refractivity contribution < 1.29 is 13.2 Å². The third kappa shape index (κ3) is 4.64. The molecule has 31 heavy (non-hydrogen) atoms. The highest BCUT2D eigenvalue weighted by molar-refractivity contribution is 7.89. The monoisotopic (exact) mass is 440 g/mol. The summed E-state index contributed by atoms with van der Waals surface area (Å²) in [5.41, 5.74) is 1.75. The van der Waals surface area contributed by atoms with Crippen LogP contribution >= 0.6 is 0 Å². The molecule has 0 radical (unpaired) electrons. The highest BCUT2D eigenvalue weighted by Crippen LogP contribution is 2.27. The smallest absolute Gasteiger partial charge is 0.255 e. The number of nitrogens with zero attached hydrogens (tertiary/aromatic N) is 5. The summed E-state index contributed by atoms with van der Waals surface area (Å²) in [5.74, 6) is 0.339. The number of piperidine rings is 1. The first-order valence-corrected chi connectivity index (χ1v) is 11.5. The molecule has 162 valence electrons. The average Bonchev–Trinajstić information content (AvgIpc) is 3.28. The van der Waals surface area contributed by atoms with Crippen molar-refractivity contribution in [3.63, 3.8) is 0 Å². The minimum absolute atomic E-state index is 0.205. The molecular formula is C21H24N6O3S. The molecule has 1 saturated heterocycles. The van der Waals surface area contributed by atoms with Crippen LogP contribution in [-0.4, -0.2) is 51.9 Å². The van der Waals surface area contributed by atoms with E-state index in [9.17, 15) is 13.2 Å². The molecule has 4 rings (SSSR count). The molecule has 10 heteroatoms. The molecular weight excluding hydrogens is 416 g/mol. The van der Waals surface area contributed by atoms with Crippen LogP contribution < -0.4 is 5.32 Å². The molecule has 0 saturated carbocycles. The SMILES string of the molecule is C[C@H]1C[C@H](C)CN(S(=O)(=O)c2ccc(C(=O)Nc3ccc(-n4cnnn4)cc3)cc2)C1. The van der Waals surface area contributed by atoms with Crippen molar-refractivity contribution in [1.82, 2.24) is 24.5 Å². The first-order chi connectivity index (χ1) is 14.8. The van der Waals surface area contributed by atoms with Crippen molar-refractivity contribution in [3.05, 3.63) is 60.4 Å². The molecule has 1 amide bonds. The minimum Gasteiger partial charge on any atom is -0.322 e. The van der Waals surface area contributed by atoms with Gasteiger partial charge in [-0.3, -0.25) is 4.79 Å². The summed E-state index contributed by atoms with van der Waals surface area (Å²) in [4.78, 5) is 12.8. The molecule has 0 spiro atoms. The van der Waals surface area contributed by atoms with Crippen molar-refractivity contribution >= 4 is 21.6 Å². The molecule has 2 aromatic carbocycles. The van der Waals surface area contributed by atoms with Gasteiger partial charge in [0.15, 0.2) is 0 Å².